The van der Waals surface area contributed by atoms with E-state index < -0.39 is 0 Å². The van der Waals surface area contributed by atoms with Gasteiger partial charge in [-0.25, -0.2) is 4.98 Å². The van der Waals surface area contributed by atoms with Crippen LogP contribution in [0.1, 0.15) is 40.6 Å². The molecule has 1 amide bonds. The summed E-state index contributed by atoms with van der Waals surface area (Å²) in [5, 5.41) is 0. The van der Waals surface area contributed by atoms with Gasteiger partial charge in [-0.2, -0.15) is 0 Å². The van der Waals surface area contributed by atoms with Gasteiger partial charge in [0, 0.05) is 50.2 Å². The van der Waals surface area contributed by atoms with Gasteiger partial charge in [0.15, 0.2) is 0 Å². The molecule has 1 aliphatic rings. The first kappa shape index (κ1) is 18.4. The Hall–Kier alpha value is -2.41. The molecule has 0 aromatic carbocycles. The Kier molecular flexibility index (Phi) is 5.56. The van der Waals surface area contributed by atoms with Gasteiger partial charge in [-0.05, 0) is 46.0 Å². The molecule has 140 valence electrons. The van der Waals surface area contributed by atoms with E-state index in [-0.39, 0.29) is 22.9 Å². The third kappa shape index (κ3) is 4.04. The normalized spacial score (nSPS) is 17.7. The first-order valence-electron chi connectivity index (χ1n) is 9.10. The van der Waals surface area contributed by atoms with E-state index in [1.807, 2.05) is 12.4 Å². The average molecular weight is 357 g/mol. The molecule has 0 spiro atoms. The molecular weight excluding hydrogens is 330 g/mol. The number of hydrogen-bond donors (Lipinski definition) is 1. The number of hydrogen-bond acceptors (Lipinski definition) is 4. The molecule has 2 aromatic rings. The standard InChI is InChI=1S/C19H27N5O2/c1-14-6-7-16(18(25)21-14)19(26)24-9-4-5-15(13-24)17-20-8-10-23(17)12-11-22(2)3/h6-8,10,15H,4-5,9,11-13H2,1-3H3,(H,21,25)/t15-/m1/s1. The van der Waals surface area contributed by atoms with E-state index in [2.05, 4.69) is 33.5 Å². The molecule has 3 heterocycles. The molecule has 7 heteroatoms. The highest BCUT2D eigenvalue weighted by molar-refractivity contribution is 5.93. The number of likely N-dealkylation sites (N-methyl/N-ethyl adjacent to an activating group) is 1. The molecule has 0 saturated carbocycles. The van der Waals surface area contributed by atoms with Crippen LogP contribution in [0.3, 0.4) is 0 Å². The second-order valence-electron chi connectivity index (χ2n) is 7.26. The predicted octanol–water partition coefficient (Wildman–Crippen LogP) is 1.46. The number of rotatable bonds is 5. The maximum atomic E-state index is 12.8. The Balaban J connectivity index is 1.74. The van der Waals surface area contributed by atoms with Gasteiger partial charge in [0.25, 0.3) is 11.5 Å². The lowest BCUT2D eigenvalue weighted by molar-refractivity contribution is 0.0701. The fourth-order valence-corrected chi connectivity index (χ4v) is 3.46. The van der Waals surface area contributed by atoms with Crippen LogP contribution in [0.2, 0.25) is 0 Å². The van der Waals surface area contributed by atoms with Crippen molar-refractivity contribution < 1.29 is 4.79 Å². The summed E-state index contributed by atoms with van der Waals surface area (Å²) < 4.78 is 2.18. The number of amides is 1. The number of carbonyl (C=O) groups excluding carboxylic acids is 1. The van der Waals surface area contributed by atoms with Gasteiger partial charge < -0.3 is 19.4 Å². The molecule has 0 aliphatic carbocycles. The molecule has 2 aromatic heterocycles. The van der Waals surface area contributed by atoms with Crippen LogP contribution in [-0.2, 0) is 6.54 Å². The number of carbonyl (C=O) groups is 1. The van der Waals surface area contributed by atoms with Crippen LogP contribution in [0.4, 0.5) is 0 Å². The molecule has 26 heavy (non-hydrogen) atoms. The molecular formula is C19H27N5O2. The number of H-pyrrole nitrogens is 1. The number of pyridine rings is 1. The van der Waals surface area contributed by atoms with Gasteiger partial charge >= 0.3 is 0 Å². The summed E-state index contributed by atoms with van der Waals surface area (Å²) in [7, 11) is 4.10. The van der Waals surface area contributed by atoms with Crippen LogP contribution in [0.15, 0.2) is 29.3 Å². The number of aromatic amines is 1. The quantitative estimate of drug-likeness (QED) is 0.879. The van der Waals surface area contributed by atoms with Crippen molar-refractivity contribution in [1.82, 2.24) is 24.3 Å². The van der Waals surface area contributed by atoms with E-state index in [1.165, 1.54) is 0 Å². The summed E-state index contributed by atoms with van der Waals surface area (Å²) in [6.07, 6.45) is 5.76. The molecule has 1 atom stereocenters. The largest absolute Gasteiger partial charge is 0.338 e. The van der Waals surface area contributed by atoms with Crippen LogP contribution in [0.5, 0.6) is 0 Å². The van der Waals surface area contributed by atoms with Crippen molar-refractivity contribution in [3.8, 4) is 0 Å². The zero-order valence-corrected chi connectivity index (χ0v) is 15.7. The summed E-state index contributed by atoms with van der Waals surface area (Å²) in [5.74, 6) is 1.04. The summed E-state index contributed by atoms with van der Waals surface area (Å²) >= 11 is 0. The second-order valence-corrected chi connectivity index (χ2v) is 7.26. The van der Waals surface area contributed by atoms with Gasteiger partial charge in [-0.3, -0.25) is 9.59 Å². The smallest absolute Gasteiger partial charge is 0.260 e. The minimum absolute atomic E-state index is 0.192. The van der Waals surface area contributed by atoms with Crippen LogP contribution in [0, 0.1) is 6.92 Å². The van der Waals surface area contributed by atoms with Gasteiger partial charge in [0.05, 0.1) is 0 Å². The number of piperidine rings is 1. The van der Waals surface area contributed by atoms with Crippen molar-refractivity contribution in [2.24, 2.45) is 0 Å². The van der Waals surface area contributed by atoms with Crippen LogP contribution < -0.4 is 5.56 Å². The lowest BCUT2D eigenvalue weighted by Crippen LogP contribution is -2.41. The van der Waals surface area contributed by atoms with Crippen LogP contribution >= 0.6 is 0 Å². The molecule has 0 bridgehead atoms. The summed E-state index contributed by atoms with van der Waals surface area (Å²) in [6, 6.07) is 3.39. The molecule has 7 nitrogen and oxygen atoms in total. The van der Waals surface area contributed by atoms with E-state index >= 15 is 0 Å². The van der Waals surface area contributed by atoms with E-state index in [1.54, 1.807) is 24.0 Å². The monoisotopic (exact) mass is 357 g/mol. The minimum atomic E-state index is -0.315. The Labute approximate surface area is 153 Å². The highest BCUT2D eigenvalue weighted by atomic mass is 16.2. The van der Waals surface area contributed by atoms with Gasteiger partial charge in [0.2, 0.25) is 0 Å². The number of imidazole rings is 1. The first-order chi connectivity index (χ1) is 12.5. The van der Waals surface area contributed by atoms with E-state index in [4.69, 9.17) is 0 Å². The highest BCUT2D eigenvalue weighted by Crippen LogP contribution is 2.26. The van der Waals surface area contributed by atoms with Gasteiger partial charge in [0.1, 0.15) is 11.4 Å². The highest BCUT2D eigenvalue weighted by Gasteiger charge is 2.29. The summed E-state index contributed by atoms with van der Waals surface area (Å²) in [4.78, 5) is 36.1. The minimum Gasteiger partial charge on any atom is -0.338 e. The van der Waals surface area contributed by atoms with Gasteiger partial charge in [-0.15, -0.1) is 0 Å². The number of nitrogens with zero attached hydrogens (tertiary/aromatic N) is 4. The van der Waals surface area contributed by atoms with Crippen molar-refractivity contribution in [1.29, 1.82) is 0 Å². The topological polar surface area (TPSA) is 74.2 Å². The van der Waals surface area contributed by atoms with E-state index in [9.17, 15) is 9.59 Å². The zero-order chi connectivity index (χ0) is 18.7. The fraction of sp³-hybridized carbons (Fsp3) is 0.526. The number of aromatic nitrogens is 3. The number of nitrogens with one attached hydrogen (secondary N) is 1. The van der Waals surface area contributed by atoms with Crippen LogP contribution in [0.25, 0.3) is 0 Å². The average Bonchev–Trinajstić information content (AvgIpc) is 3.08. The predicted molar refractivity (Wildman–Crippen MR) is 100 cm³/mol. The van der Waals surface area contributed by atoms with Gasteiger partial charge in [-0.1, -0.05) is 0 Å². The Morgan fingerprint density at radius 3 is 2.92 bits per heavy atom. The lowest BCUT2D eigenvalue weighted by Gasteiger charge is -2.32. The molecule has 1 aliphatic heterocycles. The SMILES string of the molecule is Cc1ccc(C(=O)N2CCC[C@@H](c3nccn3CCN(C)C)C2)c(=O)[nH]1. The third-order valence-electron chi connectivity index (χ3n) is 4.90. The maximum absolute atomic E-state index is 12.8. The Bertz CT molecular complexity index is 823. The second kappa shape index (κ2) is 7.86. The van der Waals surface area contributed by atoms with Crippen molar-refractivity contribution in [3.63, 3.8) is 0 Å². The summed E-state index contributed by atoms with van der Waals surface area (Å²) in [6.45, 7) is 4.91. The van der Waals surface area contributed by atoms with Crippen molar-refractivity contribution >= 4 is 5.91 Å². The molecule has 0 radical (unpaired) electrons. The molecule has 1 N–H and O–H groups in total. The van der Waals surface area contributed by atoms with Crippen molar-refractivity contribution in [2.45, 2.75) is 32.2 Å². The Morgan fingerprint density at radius 1 is 1.38 bits per heavy atom. The molecule has 1 saturated heterocycles. The number of likely N-dealkylation sites (tertiary alicyclic amines) is 1. The first-order valence-corrected chi connectivity index (χ1v) is 9.10. The third-order valence-corrected chi connectivity index (χ3v) is 4.90. The molecule has 1 fully saturated rings. The van der Waals surface area contributed by atoms with Crippen molar-refractivity contribution in [2.75, 3.05) is 33.7 Å². The van der Waals surface area contributed by atoms with Crippen molar-refractivity contribution in [3.05, 3.63) is 52.0 Å². The Morgan fingerprint density at radius 2 is 2.19 bits per heavy atom. The maximum Gasteiger partial charge on any atom is 0.260 e. The van der Waals surface area contributed by atoms with Crippen LogP contribution in [-0.4, -0.2) is 64.0 Å². The number of aryl methyl sites for hydroxylation is 1. The molecule has 0 unspecified atom stereocenters. The van der Waals surface area contributed by atoms with E-state index in [0.717, 1.165) is 37.4 Å². The lowest BCUT2D eigenvalue weighted by atomic mass is 9.96. The van der Waals surface area contributed by atoms with E-state index in [0.29, 0.717) is 13.1 Å². The zero-order valence-electron chi connectivity index (χ0n) is 15.7. The summed E-state index contributed by atoms with van der Waals surface area (Å²) in [5.41, 5.74) is 0.655. The molecule has 3 rings (SSSR count). The fourth-order valence-electron chi connectivity index (χ4n) is 3.46.